The zero-order valence-corrected chi connectivity index (χ0v) is 17.5. The molecule has 0 spiro atoms. The fourth-order valence-corrected chi connectivity index (χ4v) is 2.61. The highest BCUT2D eigenvalue weighted by molar-refractivity contribution is 14.0. The Hall–Kier alpha value is -1.76. The summed E-state index contributed by atoms with van der Waals surface area (Å²) in [6.07, 6.45) is 1.98. The molecule has 2 aromatic rings. The molecule has 0 atom stereocenters. The van der Waals surface area contributed by atoms with Gasteiger partial charge in [0.1, 0.15) is 5.75 Å². The van der Waals surface area contributed by atoms with Gasteiger partial charge in [-0.1, -0.05) is 35.9 Å². The van der Waals surface area contributed by atoms with E-state index in [1.165, 1.54) is 22.3 Å². The molecule has 0 aromatic heterocycles. The number of nitrogens with one attached hydrogen (secondary N) is 2. The molecular formula is C20H28IN3O. The van der Waals surface area contributed by atoms with Gasteiger partial charge in [-0.15, -0.1) is 24.0 Å². The van der Waals surface area contributed by atoms with Crippen LogP contribution < -0.4 is 10.6 Å². The van der Waals surface area contributed by atoms with Crippen molar-refractivity contribution in [3.05, 3.63) is 64.7 Å². The number of phenols is 1. The number of hydrogen-bond donors (Lipinski definition) is 3. The molecule has 0 aliphatic carbocycles. The molecule has 0 unspecified atom stereocenters. The predicted octanol–water partition coefficient (Wildman–Crippen LogP) is 3.92. The van der Waals surface area contributed by atoms with E-state index in [0.717, 1.165) is 31.9 Å². The van der Waals surface area contributed by atoms with Gasteiger partial charge in [-0.05, 0) is 55.5 Å². The van der Waals surface area contributed by atoms with E-state index in [0.29, 0.717) is 5.75 Å². The van der Waals surface area contributed by atoms with Gasteiger partial charge < -0.3 is 15.7 Å². The lowest BCUT2D eigenvalue weighted by Gasteiger charge is -2.13. The van der Waals surface area contributed by atoms with Gasteiger partial charge in [-0.2, -0.15) is 0 Å². The Morgan fingerprint density at radius 3 is 2.40 bits per heavy atom. The van der Waals surface area contributed by atoms with Gasteiger partial charge in [0.05, 0.1) is 0 Å². The summed E-state index contributed by atoms with van der Waals surface area (Å²) in [5, 5.41) is 16.0. The molecule has 0 aliphatic rings. The summed E-state index contributed by atoms with van der Waals surface area (Å²) in [6.45, 7) is 5.87. The van der Waals surface area contributed by atoms with E-state index >= 15 is 0 Å². The highest BCUT2D eigenvalue weighted by Crippen LogP contribution is 2.11. The predicted molar refractivity (Wildman–Crippen MR) is 116 cm³/mol. The standard InChI is InChI=1S/C20H27N3O.HI/c1-15-6-9-18(16(2)13-15)14-23-20(21-3)22-12-4-5-17-7-10-19(24)11-8-17;/h6-11,13,24H,4-5,12,14H2,1-3H3,(H2,21,22,23);1H. The van der Waals surface area contributed by atoms with Crippen molar-refractivity contribution in [3.63, 3.8) is 0 Å². The van der Waals surface area contributed by atoms with Crippen LogP contribution in [0.4, 0.5) is 0 Å². The molecular weight excluding hydrogens is 425 g/mol. The van der Waals surface area contributed by atoms with Crippen LogP contribution in [-0.4, -0.2) is 24.7 Å². The Labute approximate surface area is 167 Å². The molecule has 0 bridgehead atoms. The highest BCUT2D eigenvalue weighted by atomic mass is 127. The monoisotopic (exact) mass is 453 g/mol. The Morgan fingerprint density at radius 1 is 1.04 bits per heavy atom. The maximum Gasteiger partial charge on any atom is 0.191 e. The lowest BCUT2D eigenvalue weighted by atomic mass is 10.1. The van der Waals surface area contributed by atoms with Crippen molar-refractivity contribution in [2.24, 2.45) is 4.99 Å². The zero-order valence-electron chi connectivity index (χ0n) is 15.2. The van der Waals surface area contributed by atoms with Crippen LogP contribution >= 0.6 is 24.0 Å². The third kappa shape index (κ3) is 7.34. The largest absolute Gasteiger partial charge is 0.508 e. The number of phenolic OH excluding ortho intramolecular Hbond substituents is 1. The molecule has 2 rings (SSSR count). The topological polar surface area (TPSA) is 56.7 Å². The van der Waals surface area contributed by atoms with Crippen molar-refractivity contribution < 1.29 is 5.11 Å². The zero-order chi connectivity index (χ0) is 17.4. The lowest BCUT2D eigenvalue weighted by molar-refractivity contribution is 0.475. The van der Waals surface area contributed by atoms with Crippen LogP contribution in [0.3, 0.4) is 0 Å². The summed E-state index contributed by atoms with van der Waals surface area (Å²) in [5.74, 6) is 1.13. The van der Waals surface area contributed by atoms with Gasteiger partial charge in [0.25, 0.3) is 0 Å². The second-order valence-electron chi connectivity index (χ2n) is 6.05. The summed E-state index contributed by atoms with van der Waals surface area (Å²) in [7, 11) is 1.79. The first-order chi connectivity index (χ1) is 11.6. The fraction of sp³-hybridized carbons (Fsp3) is 0.350. The third-order valence-corrected chi connectivity index (χ3v) is 4.04. The number of nitrogens with zero attached hydrogens (tertiary/aromatic N) is 1. The summed E-state index contributed by atoms with van der Waals surface area (Å²) >= 11 is 0. The van der Waals surface area contributed by atoms with Crippen molar-refractivity contribution in [1.82, 2.24) is 10.6 Å². The first-order valence-electron chi connectivity index (χ1n) is 8.37. The molecule has 0 heterocycles. The lowest BCUT2D eigenvalue weighted by Crippen LogP contribution is -2.37. The molecule has 25 heavy (non-hydrogen) atoms. The molecule has 0 fully saturated rings. The summed E-state index contributed by atoms with van der Waals surface area (Å²) in [6, 6.07) is 13.9. The number of aryl methyl sites for hydroxylation is 3. The van der Waals surface area contributed by atoms with Crippen LogP contribution in [-0.2, 0) is 13.0 Å². The van der Waals surface area contributed by atoms with E-state index in [9.17, 15) is 5.11 Å². The van der Waals surface area contributed by atoms with Gasteiger partial charge in [0.2, 0.25) is 0 Å². The van der Waals surface area contributed by atoms with E-state index in [1.54, 1.807) is 19.2 Å². The Kier molecular flexibility index (Phi) is 9.34. The molecule has 3 N–H and O–H groups in total. The minimum Gasteiger partial charge on any atom is -0.508 e. The van der Waals surface area contributed by atoms with Crippen LogP contribution in [0.15, 0.2) is 47.5 Å². The Balaban J connectivity index is 0.00000312. The van der Waals surface area contributed by atoms with Crippen molar-refractivity contribution in [2.75, 3.05) is 13.6 Å². The normalized spacial score (nSPS) is 10.9. The Bertz CT molecular complexity index is 684. The number of halogens is 1. The second kappa shape index (κ2) is 11.0. The second-order valence-corrected chi connectivity index (χ2v) is 6.05. The van der Waals surface area contributed by atoms with Crippen molar-refractivity contribution >= 4 is 29.9 Å². The van der Waals surface area contributed by atoms with Crippen LogP contribution in [0.25, 0.3) is 0 Å². The number of aromatic hydroxyl groups is 1. The van der Waals surface area contributed by atoms with Crippen LogP contribution in [0.2, 0.25) is 0 Å². The number of rotatable bonds is 6. The third-order valence-electron chi connectivity index (χ3n) is 4.04. The van der Waals surface area contributed by atoms with E-state index in [4.69, 9.17) is 0 Å². The van der Waals surface area contributed by atoms with Gasteiger partial charge >= 0.3 is 0 Å². The molecule has 0 saturated heterocycles. The van der Waals surface area contributed by atoms with Crippen LogP contribution in [0.5, 0.6) is 5.75 Å². The minimum absolute atomic E-state index is 0. The van der Waals surface area contributed by atoms with Crippen molar-refractivity contribution in [1.29, 1.82) is 0 Å². The molecule has 4 nitrogen and oxygen atoms in total. The summed E-state index contributed by atoms with van der Waals surface area (Å²) in [4.78, 5) is 4.27. The van der Waals surface area contributed by atoms with Gasteiger partial charge in [0, 0.05) is 20.1 Å². The molecule has 0 saturated carbocycles. The molecule has 2 aromatic carbocycles. The molecule has 136 valence electrons. The maximum absolute atomic E-state index is 9.28. The average molecular weight is 453 g/mol. The molecule has 0 aliphatic heterocycles. The van der Waals surface area contributed by atoms with E-state index in [-0.39, 0.29) is 24.0 Å². The Morgan fingerprint density at radius 2 is 1.76 bits per heavy atom. The molecule has 0 radical (unpaired) electrons. The van der Waals surface area contributed by atoms with Crippen molar-refractivity contribution in [2.45, 2.75) is 33.2 Å². The minimum atomic E-state index is 0. The SMILES string of the molecule is CN=C(NCCCc1ccc(O)cc1)NCc1ccc(C)cc1C.I. The maximum atomic E-state index is 9.28. The van der Waals surface area contributed by atoms with Crippen LogP contribution in [0.1, 0.15) is 28.7 Å². The van der Waals surface area contributed by atoms with E-state index in [2.05, 4.69) is 47.7 Å². The van der Waals surface area contributed by atoms with Crippen molar-refractivity contribution in [3.8, 4) is 5.75 Å². The summed E-state index contributed by atoms with van der Waals surface area (Å²) in [5.41, 5.74) is 5.10. The first-order valence-corrected chi connectivity index (χ1v) is 8.37. The number of guanidine groups is 1. The smallest absolute Gasteiger partial charge is 0.191 e. The number of aliphatic imine (C=N–C) groups is 1. The van der Waals surface area contributed by atoms with Gasteiger partial charge in [-0.25, -0.2) is 0 Å². The van der Waals surface area contributed by atoms with Crippen LogP contribution in [0, 0.1) is 13.8 Å². The highest BCUT2D eigenvalue weighted by Gasteiger charge is 2.01. The quantitative estimate of drug-likeness (QED) is 0.269. The molecule has 0 amide bonds. The number of hydrogen-bond acceptors (Lipinski definition) is 2. The number of benzene rings is 2. The average Bonchev–Trinajstić information content (AvgIpc) is 2.57. The fourth-order valence-electron chi connectivity index (χ4n) is 2.61. The van der Waals surface area contributed by atoms with Gasteiger partial charge in [0.15, 0.2) is 5.96 Å². The molecule has 5 heteroatoms. The first kappa shape index (κ1) is 21.3. The van der Waals surface area contributed by atoms with E-state index < -0.39 is 0 Å². The van der Waals surface area contributed by atoms with Gasteiger partial charge in [-0.3, -0.25) is 4.99 Å². The van der Waals surface area contributed by atoms with E-state index in [1.807, 2.05) is 12.1 Å². The summed E-state index contributed by atoms with van der Waals surface area (Å²) < 4.78 is 0.